The highest BCUT2D eigenvalue weighted by atomic mass is 28.5. The molecule has 0 aliphatic heterocycles. The third-order valence-corrected chi connectivity index (χ3v) is 23.6. The monoisotopic (exact) mass is 654 g/mol. The highest BCUT2D eigenvalue weighted by Crippen LogP contribution is 2.35. The molecule has 0 aliphatic carbocycles. The van der Waals surface area contributed by atoms with Crippen molar-refractivity contribution < 1.29 is 30.0 Å². The molecule has 0 spiro atoms. The van der Waals surface area contributed by atoms with E-state index in [1.54, 1.807) is 0 Å². The molecule has 0 aliphatic rings. The molecule has 0 rings (SSSR count). The molecule has 0 aromatic carbocycles. The molecule has 0 N–H and O–H groups in total. The van der Waals surface area contributed by atoms with Gasteiger partial charge in [-0.3, -0.25) is 0 Å². The zero-order valence-corrected chi connectivity index (χ0v) is 33.9. The third-order valence-electron chi connectivity index (χ3n) is 4.40. The van der Waals surface area contributed by atoms with Crippen LogP contribution in [0.15, 0.2) is 24.3 Å². The van der Waals surface area contributed by atoms with Gasteiger partial charge in [0, 0.05) is 25.3 Å². The van der Waals surface area contributed by atoms with Gasteiger partial charge in [-0.1, -0.05) is 24.3 Å². The maximum Gasteiger partial charge on any atom is 0.472 e. The summed E-state index contributed by atoms with van der Waals surface area (Å²) in [5.74, 6) is 0. The molecule has 0 amide bonds. The lowest BCUT2D eigenvalue weighted by atomic mass is 10.4. The van der Waals surface area contributed by atoms with E-state index in [1.807, 2.05) is 13.8 Å². The lowest BCUT2D eigenvalue weighted by Gasteiger charge is -2.47. The molecule has 0 atom stereocenters. The van der Waals surface area contributed by atoms with Crippen molar-refractivity contribution in [2.75, 3.05) is 26.4 Å². The largest absolute Gasteiger partial charge is 0.472 e. The highest BCUT2D eigenvalue weighted by Gasteiger charge is 2.58. The van der Waals surface area contributed by atoms with Crippen molar-refractivity contribution in [3.05, 3.63) is 24.3 Å². The number of hydrogen-bond donors (Lipinski definition) is 0. The predicted molar refractivity (Wildman–Crippen MR) is 180 cm³/mol. The Labute approximate surface area is 248 Å². The summed E-state index contributed by atoms with van der Waals surface area (Å²) >= 11 is 0. The molecule has 0 saturated heterocycles. The van der Waals surface area contributed by atoms with E-state index in [2.05, 4.69) is 91.7 Å². The molecule has 13 heteroatoms. The molecule has 0 saturated carbocycles. The first-order chi connectivity index (χ1) is 17.4. The molecule has 232 valence electrons. The van der Waals surface area contributed by atoms with E-state index in [4.69, 9.17) is 30.0 Å². The normalized spacial score (nSPS) is 14.1. The van der Waals surface area contributed by atoms with Crippen LogP contribution in [0.1, 0.15) is 26.7 Å². The molecule has 0 aromatic rings. The second kappa shape index (κ2) is 16.4. The van der Waals surface area contributed by atoms with Gasteiger partial charge in [0.25, 0.3) is 0 Å². The lowest BCUT2D eigenvalue weighted by Crippen LogP contribution is -2.67. The fourth-order valence-electron chi connectivity index (χ4n) is 3.81. The minimum absolute atomic E-state index is 0.555. The Hall–Kier alpha value is 0.501. The van der Waals surface area contributed by atoms with Crippen molar-refractivity contribution in [1.82, 2.24) is 0 Å². The van der Waals surface area contributed by atoms with Gasteiger partial charge >= 0.3 is 17.6 Å². The Bertz CT molecular complexity index is 658. The fourth-order valence-corrected chi connectivity index (χ4v) is 27.5. The van der Waals surface area contributed by atoms with Crippen LogP contribution in [-0.2, 0) is 30.0 Å². The average molecular weight is 655 g/mol. The van der Waals surface area contributed by atoms with Crippen molar-refractivity contribution in [3.8, 4) is 0 Å². The van der Waals surface area contributed by atoms with Crippen LogP contribution in [0.2, 0.25) is 90.7 Å². The van der Waals surface area contributed by atoms with Gasteiger partial charge in [-0.05, 0) is 105 Å². The number of ether oxygens (including phenoxy) is 2. The number of hydrogen-bond acceptors (Lipinski definition) is 7. The summed E-state index contributed by atoms with van der Waals surface area (Å²) in [6.07, 6.45) is 1.56. The van der Waals surface area contributed by atoms with Crippen molar-refractivity contribution in [3.63, 3.8) is 0 Å². The first-order valence-corrected chi connectivity index (χ1v) is 31.8. The van der Waals surface area contributed by atoms with Crippen LogP contribution in [0, 0.1) is 0 Å². The summed E-state index contributed by atoms with van der Waals surface area (Å²) in [4.78, 5) is 0. The van der Waals surface area contributed by atoms with Crippen LogP contribution in [0.5, 0.6) is 0 Å². The maximum absolute atomic E-state index is 7.37. The van der Waals surface area contributed by atoms with Crippen LogP contribution in [-0.4, -0.2) is 77.3 Å². The van der Waals surface area contributed by atoms with E-state index in [9.17, 15) is 0 Å². The van der Waals surface area contributed by atoms with Gasteiger partial charge < -0.3 is 30.0 Å². The molecule has 0 aromatic heterocycles. The Morgan fingerprint density at radius 1 is 0.462 bits per heavy atom. The second-order valence-corrected chi connectivity index (χ2v) is 39.3. The van der Waals surface area contributed by atoms with Gasteiger partial charge in [0.1, 0.15) is 0 Å². The molecule has 0 fully saturated rings. The Morgan fingerprint density at radius 2 is 0.718 bits per heavy atom. The average Bonchev–Trinajstić information content (AvgIpc) is 2.61. The lowest BCUT2D eigenvalue weighted by molar-refractivity contribution is 0.137. The highest BCUT2D eigenvalue weighted by molar-refractivity contribution is 6.92. The van der Waals surface area contributed by atoms with Gasteiger partial charge in [0.15, 0.2) is 33.3 Å². The van der Waals surface area contributed by atoms with Crippen molar-refractivity contribution >= 4 is 50.9 Å². The molecular formula is C26H62O7Si6. The quantitative estimate of drug-likeness (QED) is 0.0662. The maximum atomic E-state index is 7.37. The van der Waals surface area contributed by atoms with Gasteiger partial charge in [-0.25, -0.2) is 0 Å². The SMILES string of the molecule is C=C(C)COCCC[Si](O[Si](C)(C)C)(O[Si](C)(C)C)O[Si](CCCOCC(=C)C)(O[Si](C)(C)C)O[Si](C)(C)C. The van der Waals surface area contributed by atoms with E-state index < -0.39 is 50.9 Å². The van der Waals surface area contributed by atoms with E-state index in [0.717, 1.165) is 24.0 Å². The van der Waals surface area contributed by atoms with Crippen LogP contribution in [0.25, 0.3) is 0 Å². The zero-order chi connectivity index (χ0) is 30.8. The van der Waals surface area contributed by atoms with Crippen molar-refractivity contribution in [1.29, 1.82) is 0 Å². The Morgan fingerprint density at radius 3 is 0.923 bits per heavy atom. The summed E-state index contributed by atoms with van der Waals surface area (Å²) < 4.78 is 47.2. The second-order valence-electron chi connectivity index (χ2n) is 14.6. The van der Waals surface area contributed by atoms with Gasteiger partial charge in [-0.15, -0.1) is 0 Å². The minimum Gasteiger partial charge on any atom is -0.417 e. The van der Waals surface area contributed by atoms with Crippen molar-refractivity contribution in [2.45, 2.75) is 117 Å². The van der Waals surface area contributed by atoms with Crippen LogP contribution < -0.4 is 0 Å². The summed E-state index contributed by atoms with van der Waals surface area (Å²) in [6, 6.07) is 1.34. The third kappa shape index (κ3) is 21.8. The van der Waals surface area contributed by atoms with E-state index in [1.165, 1.54) is 0 Å². The molecule has 0 unspecified atom stereocenters. The van der Waals surface area contributed by atoms with E-state index >= 15 is 0 Å². The first-order valence-electron chi connectivity index (χ1n) is 14.3. The first kappa shape index (κ1) is 39.5. The molecule has 7 nitrogen and oxygen atoms in total. The Balaban J connectivity index is 6.58. The predicted octanol–water partition coefficient (Wildman–Crippen LogP) is 8.25. The molecule has 0 bridgehead atoms. The molecule has 0 heterocycles. The molecule has 0 radical (unpaired) electrons. The van der Waals surface area contributed by atoms with E-state index in [0.29, 0.717) is 38.5 Å². The molecule has 39 heavy (non-hydrogen) atoms. The van der Waals surface area contributed by atoms with Crippen LogP contribution in [0.3, 0.4) is 0 Å². The topological polar surface area (TPSA) is 64.6 Å². The molecular weight excluding hydrogens is 593 g/mol. The van der Waals surface area contributed by atoms with Gasteiger partial charge in [0.05, 0.1) is 13.2 Å². The number of rotatable bonds is 22. The standard InChI is InChI=1S/C26H62O7Si6/c1-25(2)23-27-19-17-21-38(29-34(5,6)7,30-35(8,9)10)33-39(31-36(11,12)13,32-37(14,15)16)22-18-20-28-24-26(3)4/h1,3,17-24H2,2,4-16H3. The van der Waals surface area contributed by atoms with Crippen molar-refractivity contribution in [2.24, 2.45) is 0 Å². The van der Waals surface area contributed by atoms with Crippen LogP contribution in [0.4, 0.5) is 0 Å². The summed E-state index contributed by atoms with van der Waals surface area (Å²) in [6.45, 7) is 40.6. The Kier molecular flexibility index (Phi) is 16.6. The zero-order valence-electron chi connectivity index (χ0n) is 27.9. The van der Waals surface area contributed by atoms with E-state index in [-0.39, 0.29) is 0 Å². The smallest absolute Gasteiger partial charge is 0.417 e. The fraction of sp³-hybridized carbons (Fsp3) is 0.846. The summed E-state index contributed by atoms with van der Waals surface area (Å²) in [5.41, 5.74) is 2.03. The van der Waals surface area contributed by atoms with Crippen LogP contribution >= 0.6 is 0 Å². The summed E-state index contributed by atoms with van der Waals surface area (Å²) in [7, 11) is -14.8. The summed E-state index contributed by atoms with van der Waals surface area (Å²) in [5, 5.41) is 0. The minimum atomic E-state index is -3.24. The van der Waals surface area contributed by atoms with Gasteiger partial charge in [0.2, 0.25) is 0 Å². The van der Waals surface area contributed by atoms with Gasteiger partial charge in [-0.2, -0.15) is 0 Å².